The molecular formula is C13H21N3. The Morgan fingerprint density at radius 1 is 1.31 bits per heavy atom. The molecule has 2 heterocycles. The highest BCUT2D eigenvalue weighted by Gasteiger charge is 2.16. The number of likely N-dealkylation sites (N-methyl/N-ethyl adjacent to an activating group) is 1. The van der Waals surface area contributed by atoms with Gasteiger partial charge in [-0.2, -0.15) is 0 Å². The maximum atomic E-state index is 4.39. The van der Waals surface area contributed by atoms with E-state index in [0.29, 0.717) is 6.04 Å². The van der Waals surface area contributed by atoms with Gasteiger partial charge in [-0.15, -0.1) is 0 Å². The van der Waals surface area contributed by atoms with E-state index < -0.39 is 0 Å². The third-order valence-corrected chi connectivity index (χ3v) is 3.08. The number of hydrogen-bond donors (Lipinski definition) is 1. The monoisotopic (exact) mass is 219 g/mol. The molecule has 1 N–H and O–H groups in total. The van der Waals surface area contributed by atoms with Gasteiger partial charge >= 0.3 is 0 Å². The summed E-state index contributed by atoms with van der Waals surface area (Å²) in [6, 6.07) is 4.84. The first-order valence-corrected chi connectivity index (χ1v) is 6.04. The Balaban J connectivity index is 2.02. The van der Waals surface area contributed by atoms with Gasteiger partial charge in [-0.25, -0.2) is 0 Å². The second kappa shape index (κ2) is 4.83. The fraction of sp³-hybridized carbons (Fsp3) is 0.615. The van der Waals surface area contributed by atoms with Crippen LogP contribution in [0.5, 0.6) is 0 Å². The van der Waals surface area contributed by atoms with Gasteiger partial charge < -0.3 is 10.2 Å². The van der Waals surface area contributed by atoms with E-state index in [9.17, 15) is 0 Å². The van der Waals surface area contributed by atoms with Gasteiger partial charge in [-0.1, -0.05) is 0 Å². The zero-order chi connectivity index (χ0) is 11.5. The Bertz CT molecular complexity index is 342. The Morgan fingerprint density at radius 3 is 2.62 bits per heavy atom. The molecule has 16 heavy (non-hydrogen) atoms. The van der Waals surface area contributed by atoms with Crippen molar-refractivity contribution >= 4 is 5.69 Å². The average Bonchev–Trinajstić information content (AvgIpc) is 2.15. The molecule has 0 unspecified atom stereocenters. The lowest BCUT2D eigenvalue weighted by Gasteiger charge is -2.31. The number of pyridine rings is 1. The van der Waals surface area contributed by atoms with Crippen molar-refractivity contribution in [2.75, 3.05) is 25.5 Å². The van der Waals surface area contributed by atoms with Gasteiger partial charge in [0.1, 0.15) is 0 Å². The number of hydrogen-bond acceptors (Lipinski definition) is 3. The van der Waals surface area contributed by atoms with Gasteiger partial charge in [0.15, 0.2) is 0 Å². The summed E-state index contributed by atoms with van der Waals surface area (Å²) in [4.78, 5) is 6.78. The summed E-state index contributed by atoms with van der Waals surface area (Å²) < 4.78 is 0. The summed E-state index contributed by atoms with van der Waals surface area (Å²) in [5, 5.41) is 3.61. The molecule has 2 rings (SSSR count). The van der Waals surface area contributed by atoms with Crippen molar-refractivity contribution in [1.29, 1.82) is 0 Å². The second-order valence-electron chi connectivity index (χ2n) is 4.88. The second-order valence-corrected chi connectivity index (χ2v) is 4.88. The standard InChI is InChI=1S/C13H21N3/c1-10-7-13(8-11(2)14-10)15-12-5-4-6-16(3)9-12/h7-8,12H,4-6,9H2,1-3H3,(H,14,15)/t12-/m0/s1. The molecule has 3 heteroatoms. The van der Waals surface area contributed by atoms with Crippen LogP contribution in [0.2, 0.25) is 0 Å². The Morgan fingerprint density at radius 2 is 2.00 bits per heavy atom. The molecule has 0 aliphatic carbocycles. The third-order valence-electron chi connectivity index (χ3n) is 3.08. The Labute approximate surface area is 97.9 Å². The van der Waals surface area contributed by atoms with E-state index in [0.717, 1.165) is 17.9 Å². The molecule has 1 aromatic heterocycles. The minimum Gasteiger partial charge on any atom is -0.381 e. The first kappa shape index (κ1) is 11.4. The maximum absolute atomic E-state index is 4.39. The molecule has 0 saturated carbocycles. The van der Waals surface area contributed by atoms with Crippen LogP contribution in [0.3, 0.4) is 0 Å². The van der Waals surface area contributed by atoms with Crippen molar-refractivity contribution < 1.29 is 0 Å². The summed E-state index contributed by atoms with van der Waals surface area (Å²) in [5.74, 6) is 0. The van der Waals surface area contributed by atoms with Gasteiger partial charge in [0.2, 0.25) is 0 Å². The molecular weight excluding hydrogens is 198 g/mol. The number of anilines is 1. The molecule has 0 aromatic carbocycles. The van der Waals surface area contributed by atoms with Gasteiger partial charge in [-0.05, 0) is 52.4 Å². The minimum absolute atomic E-state index is 0.583. The highest BCUT2D eigenvalue weighted by molar-refractivity contribution is 5.46. The quantitative estimate of drug-likeness (QED) is 0.826. The van der Waals surface area contributed by atoms with E-state index in [4.69, 9.17) is 0 Å². The number of rotatable bonds is 2. The molecule has 3 nitrogen and oxygen atoms in total. The lowest BCUT2D eigenvalue weighted by Crippen LogP contribution is -2.39. The molecule has 0 radical (unpaired) electrons. The summed E-state index contributed by atoms with van der Waals surface area (Å²) in [6.45, 7) is 6.46. The van der Waals surface area contributed by atoms with E-state index in [2.05, 4.69) is 34.4 Å². The molecule has 1 aromatic rings. The number of nitrogens with zero attached hydrogens (tertiary/aromatic N) is 2. The molecule has 0 bridgehead atoms. The van der Waals surface area contributed by atoms with Crippen molar-refractivity contribution in [2.24, 2.45) is 0 Å². The van der Waals surface area contributed by atoms with Crippen molar-refractivity contribution in [3.63, 3.8) is 0 Å². The predicted molar refractivity (Wildman–Crippen MR) is 67.9 cm³/mol. The number of piperidine rings is 1. The Hall–Kier alpha value is -1.09. The lowest BCUT2D eigenvalue weighted by atomic mass is 10.1. The maximum Gasteiger partial charge on any atom is 0.0396 e. The fourth-order valence-electron chi connectivity index (χ4n) is 2.44. The van der Waals surface area contributed by atoms with Crippen LogP contribution in [0, 0.1) is 13.8 Å². The highest BCUT2D eigenvalue weighted by Crippen LogP contribution is 2.16. The smallest absolute Gasteiger partial charge is 0.0396 e. The molecule has 1 aliphatic heterocycles. The number of aromatic nitrogens is 1. The molecule has 1 atom stereocenters. The molecule has 88 valence electrons. The minimum atomic E-state index is 0.583. The first-order valence-electron chi connectivity index (χ1n) is 6.04. The summed E-state index contributed by atoms with van der Waals surface area (Å²) >= 11 is 0. The SMILES string of the molecule is Cc1cc(N[C@H]2CCCN(C)C2)cc(C)n1. The predicted octanol–water partition coefficient (Wildman–Crippen LogP) is 2.20. The van der Waals surface area contributed by atoms with Crippen LogP contribution in [0.1, 0.15) is 24.2 Å². The fourth-order valence-corrected chi connectivity index (χ4v) is 2.44. The van der Waals surface area contributed by atoms with Crippen LogP contribution in [0.4, 0.5) is 5.69 Å². The van der Waals surface area contributed by atoms with Crippen LogP contribution >= 0.6 is 0 Å². The van der Waals surface area contributed by atoms with E-state index in [1.165, 1.54) is 25.1 Å². The van der Waals surface area contributed by atoms with Crippen molar-refractivity contribution in [3.8, 4) is 0 Å². The van der Waals surface area contributed by atoms with Crippen LogP contribution in [-0.4, -0.2) is 36.1 Å². The zero-order valence-electron chi connectivity index (χ0n) is 10.5. The largest absolute Gasteiger partial charge is 0.381 e. The molecule has 0 spiro atoms. The van der Waals surface area contributed by atoms with Crippen LogP contribution in [0.15, 0.2) is 12.1 Å². The van der Waals surface area contributed by atoms with Crippen molar-refractivity contribution in [3.05, 3.63) is 23.5 Å². The molecule has 1 fully saturated rings. The van der Waals surface area contributed by atoms with Gasteiger partial charge in [0.05, 0.1) is 0 Å². The van der Waals surface area contributed by atoms with E-state index in [-0.39, 0.29) is 0 Å². The Kier molecular flexibility index (Phi) is 3.44. The third kappa shape index (κ3) is 2.95. The topological polar surface area (TPSA) is 28.2 Å². The number of nitrogens with one attached hydrogen (secondary N) is 1. The van der Waals surface area contributed by atoms with Gasteiger partial charge in [0, 0.05) is 29.7 Å². The van der Waals surface area contributed by atoms with E-state index in [1.54, 1.807) is 0 Å². The molecule has 0 amide bonds. The van der Waals surface area contributed by atoms with E-state index in [1.807, 2.05) is 13.8 Å². The van der Waals surface area contributed by atoms with Gasteiger partial charge in [-0.3, -0.25) is 4.98 Å². The van der Waals surface area contributed by atoms with Gasteiger partial charge in [0.25, 0.3) is 0 Å². The van der Waals surface area contributed by atoms with Crippen LogP contribution < -0.4 is 5.32 Å². The molecule has 1 aliphatic rings. The zero-order valence-corrected chi connectivity index (χ0v) is 10.5. The van der Waals surface area contributed by atoms with Crippen LogP contribution in [-0.2, 0) is 0 Å². The van der Waals surface area contributed by atoms with E-state index >= 15 is 0 Å². The average molecular weight is 219 g/mol. The van der Waals surface area contributed by atoms with Crippen molar-refractivity contribution in [1.82, 2.24) is 9.88 Å². The number of likely N-dealkylation sites (tertiary alicyclic amines) is 1. The number of aryl methyl sites for hydroxylation is 2. The van der Waals surface area contributed by atoms with Crippen molar-refractivity contribution in [2.45, 2.75) is 32.7 Å². The summed E-state index contributed by atoms with van der Waals surface area (Å²) in [5.41, 5.74) is 3.39. The lowest BCUT2D eigenvalue weighted by molar-refractivity contribution is 0.261. The summed E-state index contributed by atoms with van der Waals surface area (Å²) in [6.07, 6.45) is 2.56. The highest BCUT2D eigenvalue weighted by atomic mass is 15.1. The van der Waals surface area contributed by atoms with Crippen LogP contribution in [0.25, 0.3) is 0 Å². The first-order chi connectivity index (χ1) is 7.63. The normalized spacial score (nSPS) is 22.1. The molecule has 1 saturated heterocycles. The summed E-state index contributed by atoms with van der Waals surface area (Å²) in [7, 11) is 2.19.